The summed E-state index contributed by atoms with van der Waals surface area (Å²) in [5, 5.41) is 3.37. The van der Waals surface area contributed by atoms with Crippen LogP contribution in [0.2, 0.25) is 0 Å². The molecule has 0 amide bonds. The van der Waals surface area contributed by atoms with Crippen LogP contribution in [0, 0.1) is 0 Å². The minimum absolute atomic E-state index is 0.723. The number of alkyl halides is 1. The molecule has 0 aromatic heterocycles. The highest BCUT2D eigenvalue weighted by Crippen LogP contribution is 2.17. The van der Waals surface area contributed by atoms with Crippen molar-refractivity contribution in [2.24, 2.45) is 0 Å². The summed E-state index contributed by atoms with van der Waals surface area (Å²) >= 11 is 5.83. The first-order chi connectivity index (χ1) is 7.83. The van der Waals surface area contributed by atoms with E-state index in [-0.39, 0.29) is 0 Å². The molecule has 0 saturated heterocycles. The van der Waals surface area contributed by atoms with Crippen molar-refractivity contribution in [1.82, 2.24) is 5.32 Å². The van der Waals surface area contributed by atoms with Gasteiger partial charge < -0.3 is 10.1 Å². The van der Waals surface area contributed by atoms with E-state index in [2.05, 4.69) is 43.8 Å². The molecule has 0 unspecified atom stereocenters. The third-order valence-corrected chi connectivity index (χ3v) is 3.34. The molecule has 0 bridgehead atoms. The normalized spacial score (nSPS) is 10.4. The SMILES string of the molecule is Brc1cccc(OCCNCCCCI)c1. The van der Waals surface area contributed by atoms with E-state index in [9.17, 15) is 0 Å². The Morgan fingerprint density at radius 3 is 2.88 bits per heavy atom. The van der Waals surface area contributed by atoms with Gasteiger partial charge in [-0.3, -0.25) is 0 Å². The second-order valence-corrected chi connectivity index (χ2v) is 5.45. The molecule has 0 spiro atoms. The predicted molar refractivity (Wildman–Crippen MR) is 80.6 cm³/mol. The second-order valence-electron chi connectivity index (χ2n) is 3.45. The van der Waals surface area contributed by atoms with E-state index >= 15 is 0 Å². The maximum absolute atomic E-state index is 5.60. The molecule has 1 N–H and O–H groups in total. The van der Waals surface area contributed by atoms with Crippen molar-refractivity contribution in [3.05, 3.63) is 28.7 Å². The van der Waals surface area contributed by atoms with E-state index in [1.807, 2.05) is 24.3 Å². The number of benzene rings is 1. The molecule has 1 rings (SSSR count). The lowest BCUT2D eigenvalue weighted by atomic mass is 10.3. The molecule has 4 heteroatoms. The summed E-state index contributed by atoms with van der Waals surface area (Å²) in [4.78, 5) is 0. The van der Waals surface area contributed by atoms with Gasteiger partial charge in [-0.15, -0.1) is 0 Å². The quantitative estimate of drug-likeness (QED) is 0.411. The molecule has 0 atom stereocenters. The van der Waals surface area contributed by atoms with Gasteiger partial charge in [-0.2, -0.15) is 0 Å². The van der Waals surface area contributed by atoms with Gasteiger partial charge in [0.15, 0.2) is 0 Å². The Hall–Kier alpha value is 0.190. The van der Waals surface area contributed by atoms with Crippen LogP contribution in [0.3, 0.4) is 0 Å². The molecule has 0 aliphatic heterocycles. The van der Waals surface area contributed by atoms with Crippen molar-refractivity contribution < 1.29 is 4.74 Å². The number of halogens is 2. The van der Waals surface area contributed by atoms with Crippen LogP contribution in [0.4, 0.5) is 0 Å². The highest BCUT2D eigenvalue weighted by molar-refractivity contribution is 14.1. The number of hydrogen-bond acceptors (Lipinski definition) is 2. The van der Waals surface area contributed by atoms with Crippen LogP contribution < -0.4 is 10.1 Å². The monoisotopic (exact) mass is 397 g/mol. The molecule has 1 aromatic rings. The Balaban J connectivity index is 2.03. The van der Waals surface area contributed by atoms with Gasteiger partial charge in [0.2, 0.25) is 0 Å². The van der Waals surface area contributed by atoms with Gasteiger partial charge in [-0.1, -0.05) is 44.6 Å². The largest absolute Gasteiger partial charge is 0.492 e. The van der Waals surface area contributed by atoms with E-state index in [4.69, 9.17) is 4.74 Å². The summed E-state index contributed by atoms with van der Waals surface area (Å²) in [6, 6.07) is 7.93. The van der Waals surface area contributed by atoms with Crippen molar-refractivity contribution in [3.8, 4) is 5.75 Å². The Morgan fingerprint density at radius 1 is 1.25 bits per heavy atom. The topological polar surface area (TPSA) is 21.3 Å². The molecule has 0 saturated carbocycles. The summed E-state index contributed by atoms with van der Waals surface area (Å²) in [6.07, 6.45) is 2.54. The summed E-state index contributed by atoms with van der Waals surface area (Å²) in [6.45, 7) is 2.72. The first-order valence-corrected chi connectivity index (χ1v) is 7.80. The van der Waals surface area contributed by atoms with Crippen molar-refractivity contribution >= 4 is 38.5 Å². The summed E-state index contributed by atoms with van der Waals surface area (Å²) in [5.41, 5.74) is 0. The third-order valence-electron chi connectivity index (χ3n) is 2.08. The van der Waals surface area contributed by atoms with E-state index in [0.29, 0.717) is 0 Å². The van der Waals surface area contributed by atoms with Gasteiger partial charge in [-0.25, -0.2) is 0 Å². The van der Waals surface area contributed by atoms with Crippen molar-refractivity contribution in [1.29, 1.82) is 0 Å². The Bertz CT molecular complexity index is 296. The maximum atomic E-state index is 5.60. The molecule has 0 fully saturated rings. The van der Waals surface area contributed by atoms with Gasteiger partial charge in [0.1, 0.15) is 12.4 Å². The molecule has 2 nitrogen and oxygen atoms in total. The molecule has 0 radical (unpaired) electrons. The lowest BCUT2D eigenvalue weighted by Gasteiger charge is -2.07. The Morgan fingerprint density at radius 2 is 2.12 bits per heavy atom. The van der Waals surface area contributed by atoms with Crippen LogP contribution in [-0.4, -0.2) is 24.1 Å². The number of unbranched alkanes of at least 4 members (excludes halogenated alkanes) is 1. The Labute approximate surface area is 119 Å². The molecule has 90 valence electrons. The summed E-state index contributed by atoms with van der Waals surface area (Å²) in [7, 11) is 0. The number of hydrogen-bond donors (Lipinski definition) is 1. The van der Waals surface area contributed by atoms with Crippen LogP contribution in [0.1, 0.15) is 12.8 Å². The highest BCUT2D eigenvalue weighted by Gasteiger charge is 1.94. The van der Waals surface area contributed by atoms with Crippen LogP contribution in [0.25, 0.3) is 0 Å². The van der Waals surface area contributed by atoms with Gasteiger partial charge in [0, 0.05) is 11.0 Å². The molecular formula is C12H17BrINO. The number of ether oxygens (including phenoxy) is 1. The van der Waals surface area contributed by atoms with Crippen LogP contribution >= 0.6 is 38.5 Å². The molecule has 0 aliphatic carbocycles. The van der Waals surface area contributed by atoms with Crippen LogP contribution in [0.15, 0.2) is 28.7 Å². The Kier molecular flexibility index (Phi) is 8.23. The maximum Gasteiger partial charge on any atom is 0.120 e. The first kappa shape index (κ1) is 14.3. The lowest BCUT2D eigenvalue weighted by molar-refractivity contribution is 0.313. The number of rotatable bonds is 8. The molecule has 0 aliphatic rings. The average molecular weight is 398 g/mol. The van der Waals surface area contributed by atoms with Gasteiger partial charge >= 0.3 is 0 Å². The summed E-state index contributed by atoms with van der Waals surface area (Å²) < 4.78 is 7.90. The first-order valence-electron chi connectivity index (χ1n) is 5.48. The molecule has 0 heterocycles. The van der Waals surface area contributed by atoms with E-state index in [0.717, 1.165) is 29.9 Å². The molecule has 16 heavy (non-hydrogen) atoms. The fourth-order valence-corrected chi connectivity index (χ4v) is 2.18. The number of nitrogens with one attached hydrogen (secondary N) is 1. The van der Waals surface area contributed by atoms with E-state index < -0.39 is 0 Å². The minimum atomic E-state index is 0.723. The van der Waals surface area contributed by atoms with Gasteiger partial charge in [-0.05, 0) is 42.0 Å². The van der Waals surface area contributed by atoms with Gasteiger partial charge in [0.25, 0.3) is 0 Å². The third kappa shape index (κ3) is 6.70. The smallest absolute Gasteiger partial charge is 0.120 e. The molecule has 1 aromatic carbocycles. The zero-order valence-corrected chi connectivity index (χ0v) is 13.0. The zero-order chi connectivity index (χ0) is 11.6. The molecular weight excluding hydrogens is 381 g/mol. The fraction of sp³-hybridized carbons (Fsp3) is 0.500. The second kappa shape index (κ2) is 9.24. The van der Waals surface area contributed by atoms with Crippen molar-refractivity contribution in [2.45, 2.75) is 12.8 Å². The fourth-order valence-electron chi connectivity index (χ4n) is 1.27. The highest BCUT2D eigenvalue weighted by atomic mass is 127. The van der Waals surface area contributed by atoms with E-state index in [1.54, 1.807) is 0 Å². The summed E-state index contributed by atoms with van der Waals surface area (Å²) in [5.74, 6) is 0.920. The van der Waals surface area contributed by atoms with E-state index in [1.165, 1.54) is 17.3 Å². The average Bonchev–Trinajstić information content (AvgIpc) is 2.28. The lowest BCUT2D eigenvalue weighted by Crippen LogP contribution is -2.22. The van der Waals surface area contributed by atoms with Crippen molar-refractivity contribution in [2.75, 3.05) is 24.1 Å². The predicted octanol–water partition coefficient (Wildman–Crippen LogP) is 3.63. The standard InChI is InChI=1S/C12H17BrINO/c13-11-4-3-5-12(10-11)16-9-8-15-7-2-1-6-14/h3-5,10,15H,1-2,6-9H2. The minimum Gasteiger partial charge on any atom is -0.492 e. The van der Waals surface area contributed by atoms with Gasteiger partial charge in [0.05, 0.1) is 0 Å². The van der Waals surface area contributed by atoms with Crippen LogP contribution in [-0.2, 0) is 0 Å². The van der Waals surface area contributed by atoms with Crippen LogP contribution in [0.5, 0.6) is 5.75 Å². The van der Waals surface area contributed by atoms with Crippen molar-refractivity contribution in [3.63, 3.8) is 0 Å². The zero-order valence-electron chi connectivity index (χ0n) is 9.22.